The highest BCUT2D eigenvalue weighted by atomic mass is 35.5. The molecular weight excluding hydrogens is 310 g/mol. The summed E-state index contributed by atoms with van der Waals surface area (Å²) >= 11 is 6.33. The van der Waals surface area contributed by atoms with Crippen LogP contribution in [0.1, 0.15) is 28.8 Å². The van der Waals surface area contributed by atoms with Gasteiger partial charge in [0, 0.05) is 11.9 Å². The van der Waals surface area contributed by atoms with E-state index in [9.17, 15) is 9.90 Å². The summed E-state index contributed by atoms with van der Waals surface area (Å²) in [7, 11) is 0. The number of aromatic nitrogens is 1. The van der Waals surface area contributed by atoms with Crippen LogP contribution in [0.4, 0.5) is 0 Å². The van der Waals surface area contributed by atoms with Gasteiger partial charge in [-0.2, -0.15) is 0 Å². The summed E-state index contributed by atoms with van der Waals surface area (Å²) in [6.45, 7) is 0.722. The number of benzene rings is 2. The molecule has 0 aliphatic rings. The van der Waals surface area contributed by atoms with Crippen LogP contribution in [0.5, 0.6) is 0 Å². The van der Waals surface area contributed by atoms with E-state index in [2.05, 4.69) is 12.1 Å². The molecule has 0 amide bonds. The summed E-state index contributed by atoms with van der Waals surface area (Å²) in [5.41, 5.74) is 2.40. The van der Waals surface area contributed by atoms with E-state index in [4.69, 9.17) is 11.6 Å². The molecule has 1 heterocycles. The molecule has 0 saturated heterocycles. The molecule has 3 nitrogen and oxygen atoms in total. The maximum atomic E-state index is 11.5. The van der Waals surface area contributed by atoms with Gasteiger partial charge in [0.15, 0.2) is 0 Å². The Bertz CT molecular complexity index is 824. The number of para-hydroxylation sites is 1. The average Bonchev–Trinajstić information content (AvgIpc) is 2.84. The number of hydrogen-bond acceptors (Lipinski definition) is 1. The molecule has 118 valence electrons. The number of aromatic carboxylic acids is 1. The van der Waals surface area contributed by atoms with Gasteiger partial charge in [0.05, 0.1) is 5.52 Å². The summed E-state index contributed by atoms with van der Waals surface area (Å²) in [5.74, 6) is -0.978. The normalized spacial score (nSPS) is 11.0. The van der Waals surface area contributed by atoms with Gasteiger partial charge in [0.25, 0.3) is 0 Å². The van der Waals surface area contributed by atoms with Crippen LogP contribution in [0.15, 0.2) is 54.6 Å². The van der Waals surface area contributed by atoms with Crippen molar-refractivity contribution in [2.24, 2.45) is 0 Å². The van der Waals surface area contributed by atoms with Gasteiger partial charge in [-0.1, -0.05) is 60.1 Å². The Morgan fingerprint density at radius 1 is 1.00 bits per heavy atom. The van der Waals surface area contributed by atoms with Gasteiger partial charge < -0.3 is 9.67 Å². The van der Waals surface area contributed by atoms with Crippen LogP contribution in [-0.2, 0) is 13.0 Å². The highest BCUT2D eigenvalue weighted by Crippen LogP contribution is 2.30. The maximum absolute atomic E-state index is 11.5. The monoisotopic (exact) mass is 327 g/mol. The van der Waals surface area contributed by atoms with E-state index in [-0.39, 0.29) is 5.56 Å². The van der Waals surface area contributed by atoms with Crippen molar-refractivity contribution in [2.75, 3.05) is 0 Å². The SMILES string of the molecule is O=C(O)c1c(Cl)n(CCCCc2ccccc2)c2ccccc12. The summed E-state index contributed by atoms with van der Waals surface area (Å²) < 4.78 is 1.91. The summed E-state index contributed by atoms with van der Waals surface area (Å²) in [6, 6.07) is 17.8. The van der Waals surface area contributed by atoms with Crippen molar-refractivity contribution < 1.29 is 9.90 Å². The lowest BCUT2D eigenvalue weighted by Crippen LogP contribution is -2.01. The van der Waals surface area contributed by atoms with Crippen LogP contribution >= 0.6 is 11.6 Å². The largest absolute Gasteiger partial charge is 0.478 e. The summed E-state index contributed by atoms with van der Waals surface area (Å²) in [4.78, 5) is 11.5. The molecule has 0 unspecified atom stereocenters. The number of unbranched alkanes of at least 4 members (excludes halogenated alkanes) is 1. The summed E-state index contributed by atoms with van der Waals surface area (Å²) in [6.07, 6.45) is 3.01. The zero-order chi connectivity index (χ0) is 16.2. The van der Waals surface area contributed by atoms with Crippen molar-refractivity contribution in [1.29, 1.82) is 0 Å². The fraction of sp³-hybridized carbons (Fsp3) is 0.211. The molecule has 0 radical (unpaired) electrons. The van der Waals surface area contributed by atoms with Crippen molar-refractivity contribution in [3.05, 3.63) is 70.9 Å². The predicted octanol–water partition coefficient (Wildman–Crippen LogP) is 5.02. The van der Waals surface area contributed by atoms with Crippen molar-refractivity contribution in [3.63, 3.8) is 0 Å². The van der Waals surface area contributed by atoms with Crippen LogP contribution in [0.3, 0.4) is 0 Å². The van der Waals surface area contributed by atoms with Crippen LogP contribution < -0.4 is 0 Å². The van der Waals surface area contributed by atoms with Crippen LogP contribution in [0.2, 0.25) is 5.15 Å². The fourth-order valence-electron chi connectivity index (χ4n) is 2.94. The van der Waals surface area contributed by atoms with Gasteiger partial charge in [-0.25, -0.2) is 4.79 Å². The number of aryl methyl sites for hydroxylation is 2. The Hall–Kier alpha value is -2.26. The quantitative estimate of drug-likeness (QED) is 0.646. The van der Waals surface area contributed by atoms with E-state index in [1.165, 1.54) is 5.56 Å². The number of nitrogens with zero attached hydrogens (tertiary/aromatic N) is 1. The Kier molecular flexibility index (Phi) is 4.68. The number of carboxylic acid groups (broad SMARTS) is 1. The molecule has 0 aliphatic heterocycles. The van der Waals surface area contributed by atoms with E-state index in [0.29, 0.717) is 10.5 Å². The minimum atomic E-state index is -0.978. The molecule has 0 bridgehead atoms. The Morgan fingerprint density at radius 2 is 1.70 bits per heavy atom. The molecule has 0 atom stereocenters. The molecule has 0 spiro atoms. The Labute approximate surface area is 140 Å². The number of hydrogen-bond donors (Lipinski definition) is 1. The standard InChI is InChI=1S/C19H18ClNO2/c20-18-17(19(22)23)15-11-4-5-12-16(15)21(18)13-7-6-10-14-8-2-1-3-9-14/h1-5,8-9,11-12H,6-7,10,13H2,(H,22,23). The van der Waals surface area contributed by atoms with Crippen molar-refractivity contribution in [2.45, 2.75) is 25.8 Å². The predicted molar refractivity (Wildman–Crippen MR) is 93.3 cm³/mol. The van der Waals surface area contributed by atoms with Crippen LogP contribution in [-0.4, -0.2) is 15.6 Å². The van der Waals surface area contributed by atoms with Crippen molar-refractivity contribution >= 4 is 28.5 Å². The first-order valence-electron chi connectivity index (χ1n) is 7.72. The first kappa shape index (κ1) is 15.6. The topological polar surface area (TPSA) is 42.2 Å². The molecule has 23 heavy (non-hydrogen) atoms. The van der Waals surface area contributed by atoms with E-state index in [1.807, 2.05) is 47.0 Å². The van der Waals surface area contributed by atoms with Crippen LogP contribution in [0, 0.1) is 0 Å². The third-order valence-corrected chi connectivity index (χ3v) is 4.45. The number of carbonyl (C=O) groups is 1. The first-order valence-corrected chi connectivity index (χ1v) is 8.10. The van der Waals surface area contributed by atoms with E-state index >= 15 is 0 Å². The van der Waals surface area contributed by atoms with Gasteiger partial charge in [-0.3, -0.25) is 0 Å². The molecule has 1 aromatic heterocycles. The minimum absolute atomic E-state index is 0.199. The number of rotatable bonds is 6. The zero-order valence-corrected chi connectivity index (χ0v) is 13.5. The van der Waals surface area contributed by atoms with Gasteiger partial charge in [-0.15, -0.1) is 0 Å². The molecule has 0 aliphatic carbocycles. The third kappa shape index (κ3) is 3.25. The minimum Gasteiger partial charge on any atom is -0.478 e. The lowest BCUT2D eigenvalue weighted by Gasteiger charge is -2.07. The van der Waals surface area contributed by atoms with Crippen molar-refractivity contribution in [3.8, 4) is 0 Å². The number of fused-ring (bicyclic) bond motifs is 1. The molecule has 3 aromatic rings. The molecule has 0 fully saturated rings. The van der Waals surface area contributed by atoms with Gasteiger partial charge in [0.1, 0.15) is 10.7 Å². The summed E-state index contributed by atoms with van der Waals surface area (Å²) in [5, 5.41) is 10.4. The van der Waals surface area contributed by atoms with Crippen LogP contribution in [0.25, 0.3) is 10.9 Å². The molecule has 2 aromatic carbocycles. The Balaban J connectivity index is 1.75. The fourth-order valence-corrected chi connectivity index (χ4v) is 3.30. The molecular formula is C19H18ClNO2. The lowest BCUT2D eigenvalue weighted by atomic mass is 10.1. The highest BCUT2D eigenvalue weighted by molar-refractivity contribution is 6.35. The maximum Gasteiger partial charge on any atom is 0.339 e. The second kappa shape index (κ2) is 6.88. The second-order valence-electron chi connectivity index (χ2n) is 5.58. The zero-order valence-electron chi connectivity index (χ0n) is 12.7. The molecule has 3 rings (SSSR count). The third-order valence-electron chi connectivity index (χ3n) is 4.06. The molecule has 4 heteroatoms. The average molecular weight is 328 g/mol. The molecule has 1 N–H and O–H groups in total. The van der Waals surface area contributed by atoms with Gasteiger partial charge in [0.2, 0.25) is 0 Å². The smallest absolute Gasteiger partial charge is 0.339 e. The van der Waals surface area contributed by atoms with Gasteiger partial charge in [-0.05, 0) is 30.9 Å². The number of carboxylic acids is 1. The number of halogens is 1. The van der Waals surface area contributed by atoms with E-state index in [1.54, 1.807) is 0 Å². The molecule has 0 saturated carbocycles. The van der Waals surface area contributed by atoms with E-state index < -0.39 is 5.97 Å². The Morgan fingerprint density at radius 3 is 2.43 bits per heavy atom. The van der Waals surface area contributed by atoms with Crippen molar-refractivity contribution in [1.82, 2.24) is 4.57 Å². The lowest BCUT2D eigenvalue weighted by molar-refractivity contribution is 0.0699. The highest BCUT2D eigenvalue weighted by Gasteiger charge is 2.20. The second-order valence-corrected chi connectivity index (χ2v) is 5.94. The van der Waals surface area contributed by atoms with Gasteiger partial charge >= 0.3 is 5.97 Å². The first-order chi connectivity index (χ1) is 11.2. The van der Waals surface area contributed by atoms with E-state index in [0.717, 1.165) is 31.3 Å².